The highest BCUT2D eigenvalue weighted by Crippen LogP contribution is 2.22. The van der Waals surface area contributed by atoms with Crippen LogP contribution in [0.15, 0.2) is 39.2 Å². The summed E-state index contributed by atoms with van der Waals surface area (Å²) in [5.41, 5.74) is 1.83. The van der Waals surface area contributed by atoms with Crippen LogP contribution >= 0.6 is 27.5 Å². The van der Waals surface area contributed by atoms with E-state index in [2.05, 4.69) is 21.2 Å². The summed E-state index contributed by atoms with van der Waals surface area (Å²) in [5.74, 6) is -0.108. The molecule has 0 bridgehead atoms. The van der Waals surface area contributed by atoms with E-state index in [-0.39, 0.29) is 16.9 Å². The van der Waals surface area contributed by atoms with E-state index in [4.69, 9.17) is 16.0 Å². The molecule has 0 saturated carbocycles. The average molecular weight is 329 g/mol. The van der Waals surface area contributed by atoms with Gasteiger partial charge in [0.25, 0.3) is 5.91 Å². The van der Waals surface area contributed by atoms with Crippen molar-refractivity contribution in [3.8, 4) is 0 Å². The van der Waals surface area contributed by atoms with Crippen molar-refractivity contribution in [1.29, 1.82) is 0 Å². The van der Waals surface area contributed by atoms with Crippen LogP contribution in [-0.4, -0.2) is 5.91 Å². The number of hydrogen-bond acceptors (Lipinski definition) is 2. The van der Waals surface area contributed by atoms with Crippen molar-refractivity contribution in [2.45, 2.75) is 13.3 Å². The predicted octanol–water partition coefficient (Wildman–Crippen LogP) is 4.51. The Hall–Kier alpha value is -1.26. The molecule has 2 aromatic rings. The number of aryl methyl sites for hydroxylation is 1. The summed E-state index contributed by atoms with van der Waals surface area (Å²) in [4.78, 5) is 11.9. The Morgan fingerprint density at radius 3 is 2.78 bits per heavy atom. The van der Waals surface area contributed by atoms with Gasteiger partial charge in [-0.25, -0.2) is 0 Å². The van der Waals surface area contributed by atoms with Crippen molar-refractivity contribution in [2.24, 2.45) is 0 Å². The van der Waals surface area contributed by atoms with Gasteiger partial charge in [-0.1, -0.05) is 22.9 Å². The zero-order chi connectivity index (χ0) is 13.1. The highest BCUT2D eigenvalue weighted by Gasteiger charge is 2.12. The number of furan rings is 1. The van der Waals surface area contributed by atoms with Crippen molar-refractivity contribution < 1.29 is 9.21 Å². The molecule has 0 radical (unpaired) electrons. The molecule has 2 rings (SSSR count). The third-order valence-corrected chi connectivity index (χ3v) is 3.19. The lowest BCUT2D eigenvalue weighted by molar-refractivity contribution is 0.0996. The molecule has 1 heterocycles. The number of rotatable bonds is 3. The minimum atomic E-state index is -0.307. The van der Waals surface area contributed by atoms with E-state index in [0.29, 0.717) is 0 Å². The number of amides is 1. The molecule has 0 spiro atoms. The zero-order valence-corrected chi connectivity index (χ0v) is 12.0. The largest absolute Gasteiger partial charge is 0.440 e. The van der Waals surface area contributed by atoms with Gasteiger partial charge in [0, 0.05) is 10.2 Å². The van der Waals surface area contributed by atoms with Crippen molar-refractivity contribution in [3.05, 3.63) is 51.3 Å². The zero-order valence-electron chi connectivity index (χ0n) is 9.67. The standard InChI is InChI=1S/C13H11BrClNO2/c1-2-8-7-9(14)3-4-10(8)16-13(17)11-5-6-12(15)18-11/h3-7H,2H2,1H3,(H,16,17). The second-order valence-corrected chi connectivity index (χ2v) is 5.00. The van der Waals surface area contributed by atoms with E-state index in [9.17, 15) is 4.79 Å². The summed E-state index contributed by atoms with van der Waals surface area (Å²) in [6.07, 6.45) is 0.827. The molecule has 0 fully saturated rings. The maximum absolute atomic E-state index is 11.9. The van der Waals surface area contributed by atoms with Crippen molar-refractivity contribution >= 4 is 39.1 Å². The fourth-order valence-electron chi connectivity index (χ4n) is 1.60. The SMILES string of the molecule is CCc1cc(Br)ccc1NC(=O)c1ccc(Cl)o1. The minimum absolute atomic E-state index is 0.199. The van der Waals surface area contributed by atoms with Gasteiger partial charge < -0.3 is 9.73 Å². The monoisotopic (exact) mass is 327 g/mol. The molecule has 1 aromatic heterocycles. The number of hydrogen-bond donors (Lipinski definition) is 1. The highest BCUT2D eigenvalue weighted by atomic mass is 79.9. The number of halogens is 2. The van der Waals surface area contributed by atoms with Crippen LogP contribution in [0.2, 0.25) is 5.22 Å². The maximum atomic E-state index is 11.9. The van der Waals surface area contributed by atoms with E-state index in [1.165, 1.54) is 0 Å². The van der Waals surface area contributed by atoms with Gasteiger partial charge >= 0.3 is 0 Å². The van der Waals surface area contributed by atoms with Gasteiger partial charge in [0.2, 0.25) is 0 Å². The van der Waals surface area contributed by atoms with Gasteiger partial charge in [-0.05, 0) is 53.9 Å². The van der Waals surface area contributed by atoms with Gasteiger partial charge in [-0.15, -0.1) is 0 Å². The Morgan fingerprint density at radius 1 is 1.39 bits per heavy atom. The van der Waals surface area contributed by atoms with Crippen LogP contribution in [0.5, 0.6) is 0 Å². The summed E-state index contributed by atoms with van der Waals surface area (Å²) < 4.78 is 6.04. The Labute approximate surface area is 118 Å². The Balaban J connectivity index is 2.21. The molecule has 0 aliphatic carbocycles. The van der Waals surface area contributed by atoms with Gasteiger partial charge in [-0.2, -0.15) is 0 Å². The first kappa shape index (κ1) is 13.2. The third-order valence-electron chi connectivity index (χ3n) is 2.49. The van der Waals surface area contributed by atoms with Crippen LogP contribution in [0.4, 0.5) is 5.69 Å². The minimum Gasteiger partial charge on any atom is -0.440 e. The van der Waals surface area contributed by atoms with Gasteiger partial charge in [0.1, 0.15) is 0 Å². The van der Waals surface area contributed by atoms with Crippen LogP contribution in [0.1, 0.15) is 23.0 Å². The molecule has 94 valence electrons. The molecule has 0 aliphatic rings. The molecular weight excluding hydrogens is 318 g/mol. The predicted molar refractivity (Wildman–Crippen MR) is 75.2 cm³/mol. The lowest BCUT2D eigenvalue weighted by atomic mass is 10.1. The van der Waals surface area contributed by atoms with E-state index in [1.54, 1.807) is 12.1 Å². The molecule has 0 atom stereocenters. The van der Waals surface area contributed by atoms with E-state index >= 15 is 0 Å². The average Bonchev–Trinajstić information content (AvgIpc) is 2.78. The Bertz CT molecular complexity index is 580. The maximum Gasteiger partial charge on any atom is 0.291 e. The second-order valence-electron chi connectivity index (χ2n) is 3.71. The molecule has 1 aromatic carbocycles. The quantitative estimate of drug-likeness (QED) is 0.900. The number of anilines is 1. The summed E-state index contributed by atoms with van der Waals surface area (Å²) >= 11 is 9.04. The molecule has 1 amide bonds. The smallest absolute Gasteiger partial charge is 0.291 e. The van der Waals surface area contributed by atoms with E-state index in [1.807, 2.05) is 25.1 Å². The normalized spacial score (nSPS) is 10.4. The van der Waals surface area contributed by atoms with Crippen LogP contribution in [0.25, 0.3) is 0 Å². The first-order valence-electron chi connectivity index (χ1n) is 5.45. The van der Waals surface area contributed by atoms with Crippen LogP contribution < -0.4 is 5.32 Å². The third kappa shape index (κ3) is 2.94. The first-order valence-corrected chi connectivity index (χ1v) is 6.62. The Kier molecular flexibility index (Phi) is 4.09. The van der Waals surface area contributed by atoms with Crippen molar-refractivity contribution in [3.63, 3.8) is 0 Å². The summed E-state index contributed by atoms with van der Waals surface area (Å²) in [6.45, 7) is 2.03. The second kappa shape index (κ2) is 5.59. The summed E-state index contributed by atoms with van der Waals surface area (Å²) in [5, 5.41) is 3.01. The first-order chi connectivity index (χ1) is 8.60. The summed E-state index contributed by atoms with van der Waals surface area (Å²) in [7, 11) is 0. The lowest BCUT2D eigenvalue weighted by Gasteiger charge is -2.09. The molecule has 18 heavy (non-hydrogen) atoms. The number of carbonyl (C=O) groups excluding carboxylic acids is 1. The molecule has 1 N–H and O–H groups in total. The molecule has 0 saturated heterocycles. The van der Waals surface area contributed by atoms with Crippen LogP contribution in [-0.2, 0) is 6.42 Å². The van der Waals surface area contributed by atoms with Gasteiger partial charge in [-0.3, -0.25) is 4.79 Å². The topological polar surface area (TPSA) is 42.2 Å². The molecule has 0 unspecified atom stereocenters. The fourth-order valence-corrected chi connectivity index (χ4v) is 2.15. The molecule has 5 heteroatoms. The van der Waals surface area contributed by atoms with E-state index in [0.717, 1.165) is 22.1 Å². The van der Waals surface area contributed by atoms with Crippen molar-refractivity contribution in [1.82, 2.24) is 0 Å². The number of nitrogens with one attached hydrogen (secondary N) is 1. The summed E-state index contributed by atoms with van der Waals surface area (Å²) in [6, 6.07) is 8.79. The van der Waals surface area contributed by atoms with Gasteiger partial charge in [0.15, 0.2) is 11.0 Å². The van der Waals surface area contributed by atoms with Crippen molar-refractivity contribution in [2.75, 3.05) is 5.32 Å². The highest BCUT2D eigenvalue weighted by molar-refractivity contribution is 9.10. The molecule has 3 nitrogen and oxygen atoms in total. The fraction of sp³-hybridized carbons (Fsp3) is 0.154. The molecule has 0 aliphatic heterocycles. The van der Waals surface area contributed by atoms with E-state index < -0.39 is 0 Å². The number of benzene rings is 1. The number of carbonyl (C=O) groups is 1. The van der Waals surface area contributed by atoms with Crippen LogP contribution in [0, 0.1) is 0 Å². The van der Waals surface area contributed by atoms with Crippen LogP contribution in [0.3, 0.4) is 0 Å². The Morgan fingerprint density at radius 2 is 2.17 bits per heavy atom. The molecular formula is C13H11BrClNO2. The lowest BCUT2D eigenvalue weighted by Crippen LogP contribution is -2.12. The van der Waals surface area contributed by atoms with Gasteiger partial charge in [0.05, 0.1) is 0 Å².